The second-order valence-electron chi connectivity index (χ2n) is 7.32. The summed E-state index contributed by atoms with van der Waals surface area (Å²) in [6.45, 7) is 5.25. The maximum Gasteiger partial charge on any atom is 0.274 e. The van der Waals surface area contributed by atoms with Gasteiger partial charge in [-0.15, -0.1) is 0 Å². The Bertz CT molecular complexity index is 1110. The van der Waals surface area contributed by atoms with E-state index in [2.05, 4.69) is 9.82 Å². The van der Waals surface area contributed by atoms with E-state index in [1.807, 2.05) is 0 Å². The van der Waals surface area contributed by atoms with Crippen LogP contribution in [0.2, 0.25) is 0 Å². The molecule has 1 aliphatic heterocycles. The quantitative estimate of drug-likeness (QED) is 0.456. The lowest BCUT2D eigenvalue weighted by Gasteiger charge is -2.25. The van der Waals surface area contributed by atoms with Gasteiger partial charge in [-0.1, -0.05) is 6.92 Å². The number of hydrogen-bond donors (Lipinski definition) is 1. The number of ether oxygens (including phenoxy) is 2. The van der Waals surface area contributed by atoms with Gasteiger partial charge in [-0.3, -0.25) is 14.9 Å². The van der Waals surface area contributed by atoms with Crippen LogP contribution in [0.3, 0.4) is 0 Å². The van der Waals surface area contributed by atoms with Crippen LogP contribution in [0.5, 0.6) is 11.6 Å². The van der Waals surface area contributed by atoms with E-state index in [9.17, 15) is 23.3 Å². The smallest absolute Gasteiger partial charge is 0.274 e. The van der Waals surface area contributed by atoms with Gasteiger partial charge in [0.25, 0.3) is 11.6 Å². The number of morpholine rings is 1. The Morgan fingerprint density at radius 1 is 1.34 bits per heavy atom. The number of benzene rings is 1. The number of amides is 1. The Balaban J connectivity index is 1.94. The standard InChI is InChI=1S/C19H25N5O7S/c1-4-13(2)21-32(28,29)17-11-14(24(26)27)5-6-16(17)31-18-12-15(20-22(18)3)19(25)23-7-9-30-10-8-23/h5-6,11-13,21H,4,7-10H2,1-3H3/t13-/m1/s1. The molecule has 0 unspecified atom stereocenters. The fourth-order valence-corrected chi connectivity index (χ4v) is 4.48. The van der Waals surface area contributed by atoms with Crippen molar-refractivity contribution < 1.29 is 27.6 Å². The largest absolute Gasteiger partial charge is 0.438 e. The van der Waals surface area contributed by atoms with Crippen molar-refractivity contribution in [1.82, 2.24) is 19.4 Å². The molecule has 0 bridgehead atoms. The molecule has 1 atom stereocenters. The number of nitrogens with zero attached hydrogens (tertiary/aromatic N) is 4. The lowest BCUT2D eigenvalue weighted by molar-refractivity contribution is -0.385. The lowest BCUT2D eigenvalue weighted by atomic mass is 10.3. The predicted molar refractivity (Wildman–Crippen MR) is 113 cm³/mol. The highest BCUT2D eigenvalue weighted by atomic mass is 32.2. The van der Waals surface area contributed by atoms with E-state index >= 15 is 0 Å². The number of sulfonamides is 1. The van der Waals surface area contributed by atoms with E-state index in [0.717, 1.165) is 12.1 Å². The molecule has 1 N–H and O–H groups in total. The van der Waals surface area contributed by atoms with Crippen LogP contribution in [0.4, 0.5) is 5.69 Å². The number of carbonyl (C=O) groups is 1. The van der Waals surface area contributed by atoms with Crippen molar-refractivity contribution in [3.63, 3.8) is 0 Å². The molecule has 1 aliphatic rings. The summed E-state index contributed by atoms with van der Waals surface area (Å²) >= 11 is 0. The molecule has 3 rings (SSSR count). The number of non-ortho nitro benzene ring substituents is 1. The van der Waals surface area contributed by atoms with Crippen LogP contribution in [0, 0.1) is 10.1 Å². The zero-order valence-electron chi connectivity index (χ0n) is 18.0. The van der Waals surface area contributed by atoms with E-state index in [1.54, 1.807) is 25.8 Å². The van der Waals surface area contributed by atoms with Gasteiger partial charge < -0.3 is 14.4 Å². The maximum absolute atomic E-state index is 12.9. The Morgan fingerprint density at radius 2 is 2.03 bits per heavy atom. The highest BCUT2D eigenvalue weighted by Crippen LogP contribution is 2.32. The number of nitro benzene ring substituents is 1. The minimum atomic E-state index is -4.12. The molecule has 12 nitrogen and oxygen atoms in total. The molecule has 0 radical (unpaired) electrons. The summed E-state index contributed by atoms with van der Waals surface area (Å²) in [6, 6.07) is 4.31. The fraction of sp³-hybridized carbons (Fsp3) is 0.474. The molecular formula is C19H25N5O7S. The van der Waals surface area contributed by atoms with Crippen LogP contribution in [0.25, 0.3) is 0 Å². The summed E-state index contributed by atoms with van der Waals surface area (Å²) in [5.41, 5.74) is -0.261. The second kappa shape index (κ2) is 9.63. The Morgan fingerprint density at radius 3 is 2.66 bits per heavy atom. The molecule has 1 aromatic carbocycles. The van der Waals surface area contributed by atoms with Gasteiger partial charge >= 0.3 is 0 Å². The summed E-state index contributed by atoms with van der Waals surface area (Å²) in [7, 11) is -2.57. The van der Waals surface area contributed by atoms with Crippen molar-refractivity contribution in [3.8, 4) is 11.6 Å². The van der Waals surface area contributed by atoms with Gasteiger partial charge in [0.15, 0.2) is 5.69 Å². The van der Waals surface area contributed by atoms with Crippen LogP contribution in [-0.4, -0.2) is 66.3 Å². The molecule has 2 aromatic rings. The van der Waals surface area contributed by atoms with Gasteiger partial charge in [0.05, 0.1) is 18.1 Å². The Hall–Kier alpha value is -3.03. The molecule has 1 fully saturated rings. The first-order valence-corrected chi connectivity index (χ1v) is 11.5. The molecule has 0 spiro atoms. The first-order chi connectivity index (χ1) is 15.1. The number of nitro groups is 1. The van der Waals surface area contributed by atoms with Gasteiger partial charge in [-0.2, -0.15) is 5.10 Å². The monoisotopic (exact) mass is 467 g/mol. The third-order valence-electron chi connectivity index (χ3n) is 4.97. The Kier molecular flexibility index (Phi) is 7.11. The minimum absolute atomic E-state index is 0.107. The SMILES string of the molecule is CC[C@@H](C)NS(=O)(=O)c1cc([N+](=O)[O-])ccc1Oc1cc(C(=O)N2CCOCC2)nn1C. The zero-order valence-corrected chi connectivity index (χ0v) is 18.8. The van der Waals surface area contributed by atoms with Crippen LogP contribution >= 0.6 is 0 Å². The molecule has 2 heterocycles. The highest BCUT2D eigenvalue weighted by molar-refractivity contribution is 7.89. The lowest BCUT2D eigenvalue weighted by Crippen LogP contribution is -2.40. The zero-order chi connectivity index (χ0) is 23.5. The highest BCUT2D eigenvalue weighted by Gasteiger charge is 2.27. The van der Waals surface area contributed by atoms with Crippen molar-refractivity contribution in [2.24, 2.45) is 7.05 Å². The summed E-state index contributed by atoms with van der Waals surface area (Å²) in [5, 5.41) is 15.4. The number of nitrogens with one attached hydrogen (secondary N) is 1. The predicted octanol–water partition coefficient (Wildman–Crippen LogP) is 1.67. The minimum Gasteiger partial charge on any atom is -0.438 e. The summed E-state index contributed by atoms with van der Waals surface area (Å²) < 4.78 is 40.5. The maximum atomic E-state index is 12.9. The Labute approximate surface area is 185 Å². The van der Waals surface area contributed by atoms with Crippen LogP contribution in [-0.2, 0) is 21.8 Å². The molecule has 32 heavy (non-hydrogen) atoms. The third-order valence-corrected chi connectivity index (χ3v) is 6.58. The van der Waals surface area contributed by atoms with Gasteiger partial charge in [0.1, 0.15) is 10.6 Å². The number of rotatable bonds is 8. The van der Waals surface area contributed by atoms with Crippen LogP contribution in [0.15, 0.2) is 29.2 Å². The number of hydrogen-bond acceptors (Lipinski definition) is 8. The van der Waals surface area contributed by atoms with Gasteiger partial charge in [0, 0.05) is 44.4 Å². The molecule has 13 heteroatoms. The molecule has 0 saturated carbocycles. The molecule has 1 saturated heterocycles. The molecular weight excluding hydrogens is 442 g/mol. The number of aromatic nitrogens is 2. The van der Waals surface area contributed by atoms with Gasteiger partial charge in [-0.25, -0.2) is 17.8 Å². The second-order valence-corrected chi connectivity index (χ2v) is 9.00. The number of carbonyl (C=O) groups excluding carboxylic acids is 1. The average molecular weight is 468 g/mol. The van der Waals surface area contributed by atoms with Crippen molar-refractivity contribution >= 4 is 21.6 Å². The van der Waals surface area contributed by atoms with E-state index in [1.165, 1.54) is 16.8 Å². The first-order valence-electron chi connectivity index (χ1n) is 10.0. The van der Waals surface area contributed by atoms with E-state index in [4.69, 9.17) is 9.47 Å². The van der Waals surface area contributed by atoms with Crippen molar-refractivity contribution in [2.75, 3.05) is 26.3 Å². The van der Waals surface area contributed by atoms with Crippen molar-refractivity contribution in [1.29, 1.82) is 0 Å². The molecule has 1 aromatic heterocycles. The summed E-state index contributed by atoms with van der Waals surface area (Å²) in [5.74, 6) is -0.316. The number of aryl methyl sites for hydroxylation is 1. The third kappa shape index (κ3) is 5.23. The van der Waals surface area contributed by atoms with Crippen molar-refractivity contribution in [3.05, 3.63) is 40.1 Å². The van der Waals surface area contributed by atoms with Gasteiger partial charge in [-0.05, 0) is 19.4 Å². The van der Waals surface area contributed by atoms with E-state index in [-0.39, 0.29) is 34.2 Å². The topological polar surface area (TPSA) is 146 Å². The summed E-state index contributed by atoms with van der Waals surface area (Å²) in [4.78, 5) is 24.4. The molecule has 174 valence electrons. The van der Waals surface area contributed by atoms with Crippen LogP contribution < -0.4 is 9.46 Å². The van der Waals surface area contributed by atoms with Crippen molar-refractivity contribution in [2.45, 2.75) is 31.2 Å². The van der Waals surface area contributed by atoms with E-state index < -0.39 is 20.6 Å². The normalized spacial score (nSPS) is 15.4. The first kappa shape index (κ1) is 23.6. The molecule has 1 amide bonds. The van der Waals surface area contributed by atoms with Crippen LogP contribution in [0.1, 0.15) is 30.8 Å². The fourth-order valence-electron chi connectivity index (χ4n) is 3.01. The summed E-state index contributed by atoms with van der Waals surface area (Å²) in [6.07, 6.45) is 0.527. The van der Waals surface area contributed by atoms with E-state index in [0.29, 0.717) is 32.7 Å². The van der Waals surface area contributed by atoms with Gasteiger partial charge in [0.2, 0.25) is 15.9 Å². The average Bonchev–Trinajstić information content (AvgIpc) is 3.13. The molecule has 0 aliphatic carbocycles.